The van der Waals surface area contributed by atoms with Gasteiger partial charge in [-0.3, -0.25) is 9.98 Å². The number of ether oxygens (including phenoxy) is 1. The molecule has 3 heterocycles. The second kappa shape index (κ2) is 9.31. The Hall–Kier alpha value is -4.03. The molecule has 0 saturated carbocycles. The van der Waals surface area contributed by atoms with E-state index in [1.807, 2.05) is 31.5 Å². The lowest BCUT2D eigenvalue weighted by molar-refractivity contribution is 0.0864. The zero-order chi connectivity index (χ0) is 23.6. The van der Waals surface area contributed by atoms with Crippen molar-refractivity contribution in [1.82, 2.24) is 14.5 Å². The standard InChI is InChI=1S/C29H27N5O/c1-20-15-22(19-30-18-20)32-25-16-27-29(17-26(25)31-21-11-13-35-14-12-21)34(23-7-3-2-4-8-23)28-10-6-5-9-24(28)33-27/h2-10,15-19,21,32H,11-14H2,1H3. The second-order valence-electron chi connectivity index (χ2n) is 8.98. The van der Waals surface area contributed by atoms with Gasteiger partial charge in [-0.2, -0.15) is 0 Å². The highest BCUT2D eigenvalue weighted by atomic mass is 16.5. The third-order valence-corrected chi connectivity index (χ3v) is 6.38. The molecule has 174 valence electrons. The Morgan fingerprint density at radius 2 is 1.74 bits per heavy atom. The van der Waals surface area contributed by atoms with Crippen LogP contribution in [0.25, 0.3) is 28.1 Å². The van der Waals surface area contributed by atoms with Crippen LogP contribution in [-0.2, 0) is 4.74 Å². The summed E-state index contributed by atoms with van der Waals surface area (Å²) in [6, 6.07) is 25.3. The van der Waals surface area contributed by atoms with Crippen LogP contribution in [0.1, 0.15) is 18.4 Å². The Bertz CT molecular complexity index is 1520. The fourth-order valence-corrected chi connectivity index (χ4v) is 4.69. The molecule has 1 aromatic heterocycles. The van der Waals surface area contributed by atoms with E-state index in [-0.39, 0.29) is 6.04 Å². The zero-order valence-electron chi connectivity index (χ0n) is 19.7. The average molecular weight is 462 g/mol. The summed E-state index contributed by atoms with van der Waals surface area (Å²) in [6.07, 6.45) is 5.55. The fourth-order valence-electron chi connectivity index (χ4n) is 4.69. The van der Waals surface area contributed by atoms with E-state index in [4.69, 9.17) is 14.7 Å². The van der Waals surface area contributed by atoms with Crippen molar-refractivity contribution >= 4 is 22.4 Å². The Balaban J connectivity index is 1.62. The molecule has 0 atom stereocenters. The number of anilines is 2. The molecular weight excluding hydrogens is 434 g/mol. The van der Waals surface area contributed by atoms with Crippen molar-refractivity contribution in [3.05, 3.63) is 96.1 Å². The van der Waals surface area contributed by atoms with E-state index in [1.165, 1.54) is 0 Å². The van der Waals surface area contributed by atoms with Crippen LogP contribution >= 0.6 is 0 Å². The van der Waals surface area contributed by atoms with Crippen LogP contribution in [0.4, 0.5) is 11.4 Å². The van der Waals surface area contributed by atoms with Gasteiger partial charge in [-0.15, -0.1) is 0 Å². The molecule has 3 aromatic rings. The SMILES string of the molecule is Cc1cncc(Nc2cc3nc4ccccc4n(-c4ccccc4)c-3cc2=NC2CCOCC2)c1. The summed E-state index contributed by atoms with van der Waals surface area (Å²) >= 11 is 0. The van der Waals surface area contributed by atoms with Crippen molar-refractivity contribution < 1.29 is 4.74 Å². The Kier molecular flexibility index (Phi) is 5.72. The molecule has 3 aliphatic rings. The Morgan fingerprint density at radius 3 is 2.57 bits per heavy atom. The molecule has 0 spiro atoms. The van der Waals surface area contributed by atoms with Crippen LogP contribution in [-0.4, -0.2) is 33.8 Å². The van der Waals surface area contributed by atoms with Gasteiger partial charge in [-0.25, -0.2) is 4.98 Å². The maximum absolute atomic E-state index is 5.57. The van der Waals surface area contributed by atoms with Gasteiger partial charge in [0, 0.05) is 25.1 Å². The number of hydrogen-bond acceptors (Lipinski definition) is 5. The van der Waals surface area contributed by atoms with E-state index in [9.17, 15) is 0 Å². The largest absolute Gasteiger partial charge is 0.381 e. The van der Waals surface area contributed by atoms with Crippen molar-refractivity contribution in [1.29, 1.82) is 0 Å². The smallest absolute Gasteiger partial charge is 0.0900 e. The molecule has 0 unspecified atom stereocenters. The van der Waals surface area contributed by atoms with Crippen LogP contribution in [0.15, 0.2) is 90.2 Å². The van der Waals surface area contributed by atoms with Gasteiger partial charge in [0.1, 0.15) is 0 Å². The van der Waals surface area contributed by atoms with Gasteiger partial charge < -0.3 is 14.6 Å². The molecule has 6 nitrogen and oxygen atoms in total. The normalized spacial score (nSPS) is 15.1. The van der Waals surface area contributed by atoms with Gasteiger partial charge in [-0.1, -0.05) is 30.3 Å². The van der Waals surface area contributed by atoms with E-state index >= 15 is 0 Å². The van der Waals surface area contributed by atoms with Crippen molar-refractivity contribution in [3.8, 4) is 17.1 Å². The van der Waals surface area contributed by atoms with E-state index in [0.717, 1.165) is 76.5 Å². The lowest BCUT2D eigenvalue weighted by atomic mass is 10.1. The van der Waals surface area contributed by atoms with Gasteiger partial charge in [0.15, 0.2) is 0 Å². The first kappa shape index (κ1) is 21.5. The predicted molar refractivity (Wildman–Crippen MR) is 139 cm³/mol. The van der Waals surface area contributed by atoms with Gasteiger partial charge in [0.05, 0.1) is 51.4 Å². The maximum atomic E-state index is 5.57. The number of para-hydroxylation sites is 3. The first-order valence-electron chi connectivity index (χ1n) is 12.1. The number of nitrogens with one attached hydrogen (secondary N) is 1. The van der Waals surface area contributed by atoms with Gasteiger partial charge in [0.25, 0.3) is 0 Å². The monoisotopic (exact) mass is 461 g/mol. The number of aromatic nitrogens is 3. The number of pyridine rings is 1. The van der Waals surface area contributed by atoms with Crippen molar-refractivity contribution in [2.75, 3.05) is 18.5 Å². The summed E-state index contributed by atoms with van der Waals surface area (Å²) in [5.74, 6) is 0. The zero-order valence-corrected chi connectivity index (χ0v) is 19.7. The minimum Gasteiger partial charge on any atom is -0.381 e. The number of aryl methyl sites for hydroxylation is 1. The molecule has 2 aromatic carbocycles. The number of hydrogen-bond donors (Lipinski definition) is 1. The molecule has 1 fully saturated rings. The molecule has 6 rings (SSSR count). The number of fused-ring (bicyclic) bond motifs is 2. The van der Waals surface area contributed by atoms with Crippen LogP contribution in [0.2, 0.25) is 0 Å². The summed E-state index contributed by atoms with van der Waals surface area (Å²) in [5, 5.41) is 4.49. The number of rotatable bonds is 4. The average Bonchev–Trinajstić information content (AvgIpc) is 2.89. The second-order valence-corrected chi connectivity index (χ2v) is 8.98. The lowest BCUT2D eigenvalue weighted by Gasteiger charge is -2.22. The third-order valence-electron chi connectivity index (χ3n) is 6.38. The van der Waals surface area contributed by atoms with E-state index in [0.29, 0.717) is 0 Å². The number of benzene rings is 3. The van der Waals surface area contributed by atoms with Crippen LogP contribution in [0, 0.1) is 6.92 Å². The van der Waals surface area contributed by atoms with Crippen LogP contribution in [0.3, 0.4) is 0 Å². The molecule has 2 aliphatic heterocycles. The minimum atomic E-state index is 0.232. The maximum Gasteiger partial charge on any atom is 0.0900 e. The minimum absolute atomic E-state index is 0.232. The molecule has 0 amide bonds. The summed E-state index contributed by atoms with van der Waals surface area (Å²) in [7, 11) is 0. The third kappa shape index (κ3) is 4.40. The topological polar surface area (TPSA) is 64.3 Å². The lowest BCUT2D eigenvalue weighted by Crippen LogP contribution is -2.23. The molecule has 6 heteroatoms. The Labute approximate surface area is 204 Å². The quantitative estimate of drug-likeness (QED) is 0.351. The van der Waals surface area contributed by atoms with Gasteiger partial charge in [-0.05, 0) is 67.8 Å². The fraction of sp³-hybridized carbons (Fsp3) is 0.207. The molecule has 0 bridgehead atoms. The molecular formula is C29H27N5O. The van der Waals surface area contributed by atoms with E-state index in [2.05, 4.69) is 75.5 Å². The van der Waals surface area contributed by atoms with Gasteiger partial charge in [0.2, 0.25) is 0 Å². The summed E-state index contributed by atoms with van der Waals surface area (Å²) in [6.45, 7) is 3.55. The highest BCUT2D eigenvalue weighted by molar-refractivity contribution is 5.84. The number of nitrogens with zero attached hydrogens (tertiary/aromatic N) is 4. The Morgan fingerprint density at radius 1 is 0.943 bits per heavy atom. The van der Waals surface area contributed by atoms with Crippen molar-refractivity contribution in [3.63, 3.8) is 0 Å². The predicted octanol–water partition coefficient (Wildman–Crippen LogP) is 5.66. The van der Waals surface area contributed by atoms with Gasteiger partial charge >= 0.3 is 0 Å². The molecule has 1 N–H and O–H groups in total. The van der Waals surface area contributed by atoms with E-state index in [1.54, 1.807) is 0 Å². The highest BCUT2D eigenvalue weighted by Crippen LogP contribution is 2.30. The van der Waals surface area contributed by atoms with E-state index < -0.39 is 0 Å². The van der Waals surface area contributed by atoms with Crippen molar-refractivity contribution in [2.45, 2.75) is 25.8 Å². The van der Waals surface area contributed by atoms with Crippen LogP contribution < -0.4 is 10.7 Å². The highest BCUT2D eigenvalue weighted by Gasteiger charge is 2.18. The summed E-state index contributed by atoms with van der Waals surface area (Å²) in [4.78, 5) is 14.6. The van der Waals surface area contributed by atoms with Crippen molar-refractivity contribution in [2.24, 2.45) is 4.99 Å². The molecule has 35 heavy (non-hydrogen) atoms. The van der Waals surface area contributed by atoms with Crippen LogP contribution in [0.5, 0.6) is 0 Å². The summed E-state index contributed by atoms with van der Waals surface area (Å²) in [5.41, 5.74) is 7.99. The first-order valence-corrected chi connectivity index (χ1v) is 12.1. The molecule has 0 radical (unpaired) electrons. The molecule has 1 saturated heterocycles. The summed E-state index contributed by atoms with van der Waals surface area (Å²) < 4.78 is 7.85. The first-order chi connectivity index (χ1) is 17.2. The molecule has 1 aliphatic carbocycles.